The second kappa shape index (κ2) is 7.50. The summed E-state index contributed by atoms with van der Waals surface area (Å²) in [5.74, 6) is 0.917. The van der Waals surface area contributed by atoms with E-state index in [0.29, 0.717) is 6.04 Å². The molecule has 0 fully saturated rings. The molecule has 2 N–H and O–H groups in total. The lowest BCUT2D eigenvalue weighted by molar-refractivity contribution is 0.472. The third kappa shape index (κ3) is 4.39. The number of rotatable bonds is 7. The van der Waals surface area contributed by atoms with Crippen molar-refractivity contribution in [1.29, 1.82) is 0 Å². The molecule has 0 aliphatic rings. The molecule has 0 saturated heterocycles. The van der Waals surface area contributed by atoms with Crippen molar-refractivity contribution in [2.75, 3.05) is 5.75 Å². The molecular weight excluding hydrogens is 266 g/mol. The molecule has 2 rings (SSSR count). The zero-order valence-electron chi connectivity index (χ0n) is 12.2. The standard InChI is InChI=1S/C16H23N3S/c1-3-13(2)19-10-9-15(18-19)11-14(17)12-20-16-7-5-4-6-8-16/h4-10,13-14H,3,11-12,17H2,1-2H3. The van der Waals surface area contributed by atoms with Gasteiger partial charge in [0, 0.05) is 35.3 Å². The van der Waals surface area contributed by atoms with Crippen LogP contribution in [-0.4, -0.2) is 21.6 Å². The minimum absolute atomic E-state index is 0.139. The fourth-order valence-electron chi connectivity index (χ4n) is 1.97. The van der Waals surface area contributed by atoms with Crippen molar-refractivity contribution < 1.29 is 0 Å². The Morgan fingerprint density at radius 1 is 1.25 bits per heavy atom. The van der Waals surface area contributed by atoms with Crippen molar-refractivity contribution in [2.45, 2.75) is 43.7 Å². The molecule has 0 aliphatic heterocycles. The molecule has 1 heterocycles. The van der Waals surface area contributed by atoms with E-state index >= 15 is 0 Å². The summed E-state index contributed by atoms with van der Waals surface area (Å²) in [7, 11) is 0. The Morgan fingerprint density at radius 3 is 2.70 bits per heavy atom. The first-order chi connectivity index (χ1) is 9.69. The van der Waals surface area contributed by atoms with E-state index in [-0.39, 0.29) is 6.04 Å². The van der Waals surface area contributed by atoms with Gasteiger partial charge in [0.2, 0.25) is 0 Å². The highest BCUT2D eigenvalue weighted by atomic mass is 32.2. The minimum Gasteiger partial charge on any atom is -0.327 e. The van der Waals surface area contributed by atoms with Gasteiger partial charge < -0.3 is 5.73 Å². The van der Waals surface area contributed by atoms with Crippen LogP contribution in [0.25, 0.3) is 0 Å². The van der Waals surface area contributed by atoms with Crippen LogP contribution in [0.1, 0.15) is 32.0 Å². The molecular formula is C16H23N3S. The molecule has 0 aliphatic carbocycles. The van der Waals surface area contributed by atoms with E-state index in [1.807, 2.05) is 10.7 Å². The molecule has 1 aromatic heterocycles. The number of nitrogens with zero attached hydrogens (tertiary/aromatic N) is 2. The predicted octanol–water partition coefficient (Wildman–Crippen LogP) is 3.52. The van der Waals surface area contributed by atoms with Crippen LogP contribution in [-0.2, 0) is 6.42 Å². The zero-order valence-corrected chi connectivity index (χ0v) is 13.0. The Morgan fingerprint density at radius 2 is 2.00 bits per heavy atom. The lowest BCUT2D eigenvalue weighted by Gasteiger charge is -2.11. The van der Waals surface area contributed by atoms with Gasteiger partial charge in [-0.25, -0.2) is 0 Å². The topological polar surface area (TPSA) is 43.8 Å². The lowest BCUT2D eigenvalue weighted by Crippen LogP contribution is -2.25. The quantitative estimate of drug-likeness (QED) is 0.793. The van der Waals surface area contributed by atoms with Gasteiger partial charge in [-0.15, -0.1) is 11.8 Å². The molecule has 0 amide bonds. The van der Waals surface area contributed by atoms with Crippen LogP contribution in [0.15, 0.2) is 47.5 Å². The Labute approximate surface area is 125 Å². The van der Waals surface area contributed by atoms with E-state index in [1.165, 1.54) is 4.90 Å². The largest absolute Gasteiger partial charge is 0.327 e. The van der Waals surface area contributed by atoms with Crippen LogP contribution in [0.4, 0.5) is 0 Å². The van der Waals surface area contributed by atoms with Crippen molar-refractivity contribution in [3.8, 4) is 0 Å². The summed E-state index contributed by atoms with van der Waals surface area (Å²) in [5, 5.41) is 4.60. The first-order valence-electron chi connectivity index (χ1n) is 7.16. The molecule has 0 saturated carbocycles. The van der Waals surface area contributed by atoms with Gasteiger partial charge in [-0.05, 0) is 31.5 Å². The van der Waals surface area contributed by atoms with E-state index in [2.05, 4.69) is 55.5 Å². The van der Waals surface area contributed by atoms with E-state index in [4.69, 9.17) is 5.73 Å². The van der Waals surface area contributed by atoms with Crippen LogP contribution >= 0.6 is 11.8 Å². The van der Waals surface area contributed by atoms with Crippen LogP contribution in [0.3, 0.4) is 0 Å². The summed E-state index contributed by atoms with van der Waals surface area (Å²) < 4.78 is 2.03. The predicted molar refractivity (Wildman–Crippen MR) is 86.1 cm³/mol. The summed E-state index contributed by atoms with van der Waals surface area (Å²) in [5.41, 5.74) is 7.29. The van der Waals surface area contributed by atoms with Crippen molar-refractivity contribution in [2.24, 2.45) is 5.73 Å². The SMILES string of the molecule is CCC(C)n1ccc(CC(N)CSc2ccccc2)n1. The summed E-state index contributed by atoms with van der Waals surface area (Å²) in [6.07, 6.45) is 3.99. The van der Waals surface area contributed by atoms with Gasteiger partial charge in [-0.3, -0.25) is 4.68 Å². The molecule has 0 radical (unpaired) electrons. The number of aromatic nitrogens is 2. The van der Waals surface area contributed by atoms with Crippen molar-refractivity contribution in [3.63, 3.8) is 0 Å². The van der Waals surface area contributed by atoms with Crippen LogP contribution < -0.4 is 5.73 Å². The molecule has 2 atom stereocenters. The lowest BCUT2D eigenvalue weighted by atomic mass is 10.2. The molecule has 0 bridgehead atoms. The molecule has 0 spiro atoms. The monoisotopic (exact) mass is 289 g/mol. The zero-order chi connectivity index (χ0) is 14.4. The van der Waals surface area contributed by atoms with Gasteiger partial charge in [0.15, 0.2) is 0 Å². The maximum Gasteiger partial charge on any atom is 0.0640 e. The highest BCUT2D eigenvalue weighted by Crippen LogP contribution is 2.18. The van der Waals surface area contributed by atoms with E-state index in [1.54, 1.807) is 11.8 Å². The summed E-state index contributed by atoms with van der Waals surface area (Å²) >= 11 is 1.81. The maximum atomic E-state index is 6.20. The van der Waals surface area contributed by atoms with Gasteiger partial charge >= 0.3 is 0 Å². The molecule has 3 nitrogen and oxygen atoms in total. The fourth-order valence-corrected chi connectivity index (χ4v) is 2.84. The maximum absolute atomic E-state index is 6.20. The second-order valence-corrected chi connectivity index (χ2v) is 6.23. The second-order valence-electron chi connectivity index (χ2n) is 5.13. The summed E-state index contributed by atoms with van der Waals surface area (Å²) in [4.78, 5) is 1.27. The average Bonchev–Trinajstić information content (AvgIpc) is 2.94. The Kier molecular flexibility index (Phi) is 5.68. The number of hydrogen-bond donors (Lipinski definition) is 1. The Bertz CT molecular complexity index is 509. The third-order valence-electron chi connectivity index (χ3n) is 3.38. The molecule has 20 heavy (non-hydrogen) atoms. The van der Waals surface area contributed by atoms with Gasteiger partial charge in [0.25, 0.3) is 0 Å². The molecule has 4 heteroatoms. The van der Waals surface area contributed by atoms with Crippen LogP contribution in [0.5, 0.6) is 0 Å². The van der Waals surface area contributed by atoms with E-state index < -0.39 is 0 Å². The Balaban J connectivity index is 1.82. The number of thioether (sulfide) groups is 1. The normalized spacial score (nSPS) is 14.2. The molecule has 2 aromatic rings. The minimum atomic E-state index is 0.139. The van der Waals surface area contributed by atoms with Gasteiger partial charge in [-0.2, -0.15) is 5.10 Å². The molecule has 1 aromatic carbocycles. The third-order valence-corrected chi connectivity index (χ3v) is 4.58. The summed E-state index contributed by atoms with van der Waals surface area (Å²) in [6.45, 7) is 4.36. The average molecular weight is 289 g/mol. The first kappa shape index (κ1) is 15.1. The van der Waals surface area contributed by atoms with Gasteiger partial charge in [0.1, 0.15) is 0 Å². The molecule has 2 unspecified atom stereocenters. The first-order valence-corrected chi connectivity index (χ1v) is 8.15. The van der Waals surface area contributed by atoms with Crippen LogP contribution in [0, 0.1) is 0 Å². The van der Waals surface area contributed by atoms with E-state index in [0.717, 1.165) is 24.3 Å². The number of nitrogens with two attached hydrogens (primary N) is 1. The van der Waals surface area contributed by atoms with Gasteiger partial charge in [-0.1, -0.05) is 25.1 Å². The number of hydrogen-bond acceptors (Lipinski definition) is 3. The van der Waals surface area contributed by atoms with Gasteiger partial charge in [0.05, 0.1) is 5.69 Å². The van der Waals surface area contributed by atoms with E-state index in [9.17, 15) is 0 Å². The molecule has 108 valence electrons. The Hall–Kier alpha value is -1.26. The smallest absolute Gasteiger partial charge is 0.0640 e. The van der Waals surface area contributed by atoms with Crippen molar-refractivity contribution in [3.05, 3.63) is 48.3 Å². The highest BCUT2D eigenvalue weighted by molar-refractivity contribution is 7.99. The highest BCUT2D eigenvalue weighted by Gasteiger charge is 2.09. The summed E-state index contributed by atoms with van der Waals surface area (Å²) in [6, 6.07) is 13.1. The number of benzene rings is 1. The van der Waals surface area contributed by atoms with Crippen LogP contribution in [0.2, 0.25) is 0 Å². The van der Waals surface area contributed by atoms with Crippen molar-refractivity contribution in [1.82, 2.24) is 9.78 Å². The fraction of sp³-hybridized carbons (Fsp3) is 0.438. The van der Waals surface area contributed by atoms with Crippen molar-refractivity contribution >= 4 is 11.8 Å².